The maximum Gasteiger partial charge on any atom is 0.349 e. The van der Waals surface area contributed by atoms with Gasteiger partial charge >= 0.3 is 23.9 Å². The van der Waals surface area contributed by atoms with Crippen molar-refractivity contribution in [3.63, 3.8) is 0 Å². The van der Waals surface area contributed by atoms with Gasteiger partial charge in [-0.3, -0.25) is 4.79 Å². The van der Waals surface area contributed by atoms with Gasteiger partial charge in [0.1, 0.15) is 35.3 Å². The number of rotatable bonds is 20. The number of unbranched alkanes of at least 4 members (excludes halogenated alkanes) is 2. The van der Waals surface area contributed by atoms with E-state index in [1.54, 1.807) is 48.5 Å². The van der Waals surface area contributed by atoms with Gasteiger partial charge in [0.25, 0.3) is 5.70 Å². The van der Waals surface area contributed by atoms with Crippen LogP contribution < -0.4 is 9.47 Å². The highest BCUT2D eigenvalue weighted by Crippen LogP contribution is 2.32. The highest BCUT2D eigenvalue weighted by atomic mass is 16.7. The molecule has 2 fully saturated rings. The Labute approximate surface area is 312 Å². The summed E-state index contributed by atoms with van der Waals surface area (Å²) in [7, 11) is 0. The lowest BCUT2D eigenvalue weighted by Gasteiger charge is -2.17. The first-order chi connectivity index (χ1) is 26.2. The smallest absolute Gasteiger partial charge is 0.349 e. The summed E-state index contributed by atoms with van der Waals surface area (Å²) in [6, 6.07) is 15.4. The van der Waals surface area contributed by atoms with Crippen LogP contribution >= 0.6 is 0 Å². The van der Waals surface area contributed by atoms with Crippen LogP contribution in [0.3, 0.4) is 0 Å². The van der Waals surface area contributed by atoms with E-state index in [1.165, 1.54) is 12.2 Å². The monoisotopic (exact) mass is 740 g/mol. The average Bonchev–Trinajstić information content (AvgIpc) is 3.78. The van der Waals surface area contributed by atoms with E-state index in [9.17, 15) is 24.4 Å². The van der Waals surface area contributed by atoms with Crippen LogP contribution in [0.2, 0.25) is 0 Å². The first-order valence-electron chi connectivity index (χ1n) is 17.1. The summed E-state index contributed by atoms with van der Waals surface area (Å²) in [6.45, 7) is 15.5. The van der Waals surface area contributed by atoms with E-state index in [1.807, 2.05) is 6.07 Å². The molecular formula is C40H40N2O12. The molecule has 0 unspecified atom stereocenters. The van der Waals surface area contributed by atoms with E-state index in [2.05, 4.69) is 18.0 Å². The molecule has 14 heteroatoms. The Kier molecular flexibility index (Phi) is 16.0. The van der Waals surface area contributed by atoms with Crippen molar-refractivity contribution in [2.45, 2.75) is 50.1 Å². The molecule has 0 saturated carbocycles. The van der Waals surface area contributed by atoms with E-state index < -0.39 is 48.3 Å². The number of nitriles is 1. The van der Waals surface area contributed by atoms with E-state index in [4.69, 9.17) is 44.5 Å². The Morgan fingerprint density at radius 3 is 1.61 bits per heavy atom. The molecule has 0 amide bonds. The van der Waals surface area contributed by atoms with Gasteiger partial charge in [-0.25, -0.2) is 19.2 Å². The van der Waals surface area contributed by atoms with Crippen molar-refractivity contribution in [2.75, 3.05) is 39.6 Å². The van der Waals surface area contributed by atoms with E-state index in [0.717, 1.165) is 12.2 Å². The molecule has 2 aromatic carbocycles. The van der Waals surface area contributed by atoms with Gasteiger partial charge in [-0.1, -0.05) is 37.4 Å². The number of hydrogen-bond acceptors (Lipinski definition) is 13. The number of carbonyl (C=O) groups is 4. The normalized spacial score (nSPS) is 18.9. The highest BCUT2D eigenvalue weighted by Gasteiger charge is 2.51. The lowest BCUT2D eigenvalue weighted by atomic mass is 10.1. The van der Waals surface area contributed by atoms with Crippen LogP contribution in [0.1, 0.15) is 36.8 Å². The molecule has 2 aromatic rings. The molecule has 54 heavy (non-hydrogen) atoms. The van der Waals surface area contributed by atoms with Gasteiger partial charge in [0.15, 0.2) is 12.2 Å². The molecule has 0 radical (unpaired) electrons. The Morgan fingerprint density at radius 1 is 0.722 bits per heavy atom. The van der Waals surface area contributed by atoms with Gasteiger partial charge in [0, 0.05) is 12.2 Å². The Bertz CT molecular complexity index is 1650. The van der Waals surface area contributed by atoms with Gasteiger partial charge in [-0.15, -0.1) is 0 Å². The molecule has 282 valence electrons. The van der Waals surface area contributed by atoms with Crippen molar-refractivity contribution >= 4 is 36.0 Å². The van der Waals surface area contributed by atoms with Crippen LogP contribution in [-0.2, 0) is 47.6 Å². The molecule has 2 saturated heterocycles. The quantitative estimate of drug-likeness (QED) is 0.0447. The molecule has 4 rings (SSSR count). The first kappa shape index (κ1) is 40.5. The molecule has 0 N–H and O–H groups in total. The van der Waals surface area contributed by atoms with E-state index in [0.29, 0.717) is 61.5 Å². The van der Waals surface area contributed by atoms with Crippen LogP contribution in [0, 0.1) is 17.9 Å². The standard InChI is InChI=1S/C40H40N2O12/c1-4-35(43)49-20-8-6-18-47-30-14-10-27(11-15-30)22-29(24-41)39(45)53-33-25-51-38-34(26-52-37(33)38)54-40(46)32(42-3)23-28-12-16-31(17-13-28)48-19-7-9-21-50-36(44)5-2/h4-5,10-17,22-23,33-34,37-38H,1-2,6-9,18-21,25-26H2/b29-22+,32-23-/t33-,34+,37-,38-/m1/s1. The second kappa shape index (κ2) is 21.3. The molecule has 2 aliphatic heterocycles. The van der Waals surface area contributed by atoms with Crippen molar-refractivity contribution in [1.29, 1.82) is 5.26 Å². The van der Waals surface area contributed by atoms with Gasteiger partial charge in [0.05, 0.1) is 46.2 Å². The fourth-order valence-electron chi connectivity index (χ4n) is 5.20. The topological polar surface area (TPSA) is 170 Å². The van der Waals surface area contributed by atoms with Crippen LogP contribution in [0.4, 0.5) is 0 Å². The predicted molar refractivity (Wildman–Crippen MR) is 192 cm³/mol. The molecule has 0 spiro atoms. The summed E-state index contributed by atoms with van der Waals surface area (Å²) in [5.41, 5.74) is 0.656. The fraction of sp³-hybridized carbons (Fsp3) is 0.350. The zero-order valence-corrected chi connectivity index (χ0v) is 29.5. The lowest BCUT2D eigenvalue weighted by molar-refractivity contribution is -0.150. The number of carbonyl (C=O) groups excluding carboxylic acids is 4. The predicted octanol–water partition coefficient (Wildman–Crippen LogP) is 4.95. The third kappa shape index (κ3) is 12.5. The number of fused-ring (bicyclic) bond motifs is 1. The number of ether oxygens (including phenoxy) is 8. The molecule has 2 aliphatic rings. The molecule has 2 heterocycles. The van der Waals surface area contributed by atoms with Gasteiger partial charge in [-0.05, 0) is 73.2 Å². The number of benzene rings is 2. The molecule has 14 nitrogen and oxygen atoms in total. The second-order valence-corrected chi connectivity index (χ2v) is 11.8. The minimum atomic E-state index is -0.866. The zero-order chi connectivity index (χ0) is 38.7. The minimum absolute atomic E-state index is 0.0404. The third-order valence-electron chi connectivity index (χ3n) is 7.96. The summed E-state index contributed by atoms with van der Waals surface area (Å²) in [5.74, 6) is -1.48. The van der Waals surface area contributed by atoms with E-state index in [-0.39, 0.29) is 37.7 Å². The third-order valence-corrected chi connectivity index (χ3v) is 7.96. The van der Waals surface area contributed by atoms with Crippen LogP contribution in [0.25, 0.3) is 17.0 Å². The highest BCUT2D eigenvalue weighted by molar-refractivity contribution is 5.98. The molecule has 0 bridgehead atoms. The number of hydrogen-bond donors (Lipinski definition) is 0. The largest absolute Gasteiger partial charge is 0.494 e. The van der Waals surface area contributed by atoms with Crippen molar-refractivity contribution < 1.29 is 57.1 Å². The van der Waals surface area contributed by atoms with Crippen LogP contribution in [0.15, 0.2) is 85.1 Å². The van der Waals surface area contributed by atoms with Crippen LogP contribution in [0.5, 0.6) is 11.5 Å². The van der Waals surface area contributed by atoms with Crippen molar-refractivity contribution in [3.8, 4) is 17.6 Å². The second-order valence-electron chi connectivity index (χ2n) is 11.8. The lowest BCUT2D eigenvalue weighted by Crippen LogP contribution is -2.36. The Balaban J connectivity index is 1.22. The van der Waals surface area contributed by atoms with E-state index >= 15 is 0 Å². The van der Waals surface area contributed by atoms with Crippen molar-refractivity contribution in [1.82, 2.24) is 0 Å². The molecule has 4 atom stereocenters. The fourth-order valence-corrected chi connectivity index (χ4v) is 5.20. The van der Waals surface area contributed by atoms with Gasteiger partial charge in [-0.2, -0.15) is 5.26 Å². The maximum atomic E-state index is 13.0. The molecular weight excluding hydrogens is 700 g/mol. The maximum absolute atomic E-state index is 13.0. The SMILES string of the molecule is [C-]#[N+]/C(=C\c1ccc(OCCCCOC(=O)C=C)cc1)C(=O)O[C@H]1CO[C@H]2[C@@H]1OC[C@H]2OC(=O)/C(C#N)=C/c1ccc(OCCCCOC(=O)C=C)cc1. The Morgan fingerprint density at radius 2 is 1.17 bits per heavy atom. The minimum Gasteiger partial charge on any atom is -0.494 e. The van der Waals surface area contributed by atoms with Crippen molar-refractivity contribution in [3.05, 3.63) is 108 Å². The summed E-state index contributed by atoms with van der Waals surface area (Å²) in [4.78, 5) is 51.4. The molecule has 0 aromatic heterocycles. The summed E-state index contributed by atoms with van der Waals surface area (Å²) >= 11 is 0. The van der Waals surface area contributed by atoms with Gasteiger partial charge < -0.3 is 37.9 Å². The van der Waals surface area contributed by atoms with Gasteiger partial charge in [0.2, 0.25) is 0 Å². The zero-order valence-electron chi connectivity index (χ0n) is 29.5. The average molecular weight is 741 g/mol. The number of esters is 4. The first-order valence-corrected chi connectivity index (χ1v) is 17.1. The van der Waals surface area contributed by atoms with Crippen LogP contribution in [-0.4, -0.2) is 87.9 Å². The summed E-state index contributed by atoms with van der Waals surface area (Å²) in [5, 5.41) is 9.68. The summed E-state index contributed by atoms with van der Waals surface area (Å²) in [6.07, 6.45) is 4.42. The summed E-state index contributed by atoms with van der Waals surface area (Å²) < 4.78 is 43.9. The molecule has 0 aliphatic carbocycles. The number of nitrogens with zero attached hydrogens (tertiary/aromatic N) is 2. The Hall–Kier alpha value is -6.22. The van der Waals surface area contributed by atoms with Crippen molar-refractivity contribution in [2.24, 2.45) is 0 Å².